The van der Waals surface area contributed by atoms with E-state index >= 15 is 0 Å². The molecule has 0 bridgehead atoms. The van der Waals surface area contributed by atoms with Crippen molar-refractivity contribution >= 4 is 24.5 Å². The molecule has 2 nitrogen and oxygen atoms in total. The number of aliphatic hydroxyl groups excluding tert-OH is 1. The first-order valence-electron chi connectivity index (χ1n) is 5.98. The van der Waals surface area contributed by atoms with Gasteiger partial charge in [-0.05, 0) is 0 Å². The van der Waals surface area contributed by atoms with Crippen LogP contribution in [0.5, 0.6) is 5.75 Å². The molecular formula is C15H15FO2Te. The van der Waals surface area contributed by atoms with Crippen LogP contribution in [0.25, 0.3) is 0 Å². The Morgan fingerprint density at radius 3 is 2.42 bits per heavy atom. The van der Waals surface area contributed by atoms with Crippen LogP contribution >= 0.6 is 0 Å². The second kappa shape index (κ2) is 7.49. The number of aliphatic hydroxyl groups is 1. The molecule has 0 aliphatic carbocycles. The zero-order chi connectivity index (χ0) is 13.5. The predicted octanol–water partition coefficient (Wildman–Crippen LogP) is 2.01. The summed E-state index contributed by atoms with van der Waals surface area (Å²) in [6, 6.07) is 16.0. The topological polar surface area (TPSA) is 29.5 Å². The third kappa shape index (κ3) is 5.20. The van der Waals surface area contributed by atoms with E-state index in [0.717, 1.165) is 13.8 Å². The standard InChI is InChI=1S/C15H15FO2Te/c16-12-6-8-15(9-7-12)19-11-13(17)10-18-14-4-2-1-3-5-14/h1-9,13,17H,10-11H2. The third-order valence-corrected chi connectivity index (χ3v) is 5.74. The van der Waals surface area contributed by atoms with Gasteiger partial charge in [0.05, 0.1) is 0 Å². The molecule has 0 saturated heterocycles. The van der Waals surface area contributed by atoms with E-state index in [-0.39, 0.29) is 5.82 Å². The van der Waals surface area contributed by atoms with E-state index in [1.807, 2.05) is 30.3 Å². The summed E-state index contributed by atoms with van der Waals surface area (Å²) in [7, 11) is 0. The van der Waals surface area contributed by atoms with Gasteiger partial charge in [0.15, 0.2) is 0 Å². The van der Waals surface area contributed by atoms with Crippen molar-refractivity contribution in [3.63, 3.8) is 0 Å². The summed E-state index contributed by atoms with van der Waals surface area (Å²) >= 11 is -0.490. The molecule has 0 aliphatic heterocycles. The van der Waals surface area contributed by atoms with Gasteiger partial charge in [-0.2, -0.15) is 0 Å². The van der Waals surface area contributed by atoms with E-state index in [2.05, 4.69) is 0 Å². The summed E-state index contributed by atoms with van der Waals surface area (Å²) in [5.74, 6) is 0.549. The van der Waals surface area contributed by atoms with Crippen molar-refractivity contribution in [1.82, 2.24) is 0 Å². The van der Waals surface area contributed by atoms with Crippen molar-refractivity contribution in [1.29, 1.82) is 0 Å². The number of para-hydroxylation sites is 1. The van der Waals surface area contributed by atoms with E-state index in [1.54, 1.807) is 12.1 Å². The van der Waals surface area contributed by atoms with E-state index < -0.39 is 27.0 Å². The second-order valence-electron chi connectivity index (χ2n) is 4.04. The Morgan fingerprint density at radius 2 is 1.74 bits per heavy atom. The van der Waals surface area contributed by atoms with Crippen LogP contribution in [-0.4, -0.2) is 38.7 Å². The van der Waals surface area contributed by atoms with Gasteiger partial charge >= 0.3 is 122 Å². The fraction of sp³-hybridized carbons (Fsp3) is 0.200. The molecule has 0 saturated carbocycles. The quantitative estimate of drug-likeness (QED) is 0.785. The molecule has 1 atom stereocenters. The molecule has 0 heterocycles. The Morgan fingerprint density at radius 1 is 1.05 bits per heavy atom. The molecule has 1 unspecified atom stereocenters. The van der Waals surface area contributed by atoms with E-state index in [0.29, 0.717) is 6.61 Å². The summed E-state index contributed by atoms with van der Waals surface area (Å²) in [6.07, 6.45) is -0.465. The Kier molecular flexibility index (Phi) is 5.65. The molecule has 0 amide bonds. The van der Waals surface area contributed by atoms with Crippen LogP contribution in [0.15, 0.2) is 54.6 Å². The monoisotopic (exact) mass is 376 g/mol. The van der Waals surface area contributed by atoms with Gasteiger partial charge in [-0.15, -0.1) is 0 Å². The van der Waals surface area contributed by atoms with Gasteiger partial charge in [0, 0.05) is 0 Å². The van der Waals surface area contributed by atoms with Crippen molar-refractivity contribution in [2.75, 3.05) is 6.61 Å². The predicted molar refractivity (Wildman–Crippen MR) is 74.5 cm³/mol. The van der Waals surface area contributed by atoms with Gasteiger partial charge in [0.25, 0.3) is 0 Å². The van der Waals surface area contributed by atoms with Gasteiger partial charge in [-0.25, -0.2) is 0 Å². The van der Waals surface area contributed by atoms with Crippen molar-refractivity contribution in [3.8, 4) is 5.75 Å². The number of hydrogen-bond acceptors (Lipinski definition) is 2. The first kappa shape index (κ1) is 14.3. The fourth-order valence-corrected chi connectivity index (χ4v) is 3.79. The molecule has 19 heavy (non-hydrogen) atoms. The van der Waals surface area contributed by atoms with Crippen molar-refractivity contribution in [2.45, 2.75) is 10.6 Å². The zero-order valence-electron chi connectivity index (χ0n) is 10.3. The van der Waals surface area contributed by atoms with Crippen molar-refractivity contribution in [3.05, 3.63) is 60.4 Å². The molecule has 2 aromatic rings. The molecular weight excluding hydrogens is 359 g/mol. The van der Waals surface area contributed by atoms with Gasteiger partial charge in [-0.3, -0.25) is 0 Å². The van der Waals surface area contributed by atoms with E-state index in [4.69, 9.17) is 4.74 Å². The fourth-order valence-electron chi connectivity index (χ4n) is 1.48. The molecule has 0 radical (unpaired) electrons. The Labute approximate surface area is 122 Å². The summed E-state index contributed by atoms with van der Waals surface area (Å²) in [5.41, 5.74) is 0. The average Bonchev–Trinajstić information content (AvgIpc) is 2.45. The second-order valence-corrected chi connectivity index (χ2v) is 7.16. The van der Waals surface area contributed by atoms with Crippen LogP contribution in [0.2, 0.25) is 4.47 Å². The third-order valence-electron chi connectivity index (χ3n) is 2.44. The van der Waals surface area contributed by atoms with Gasteiger partial charge in [0.1, 0.15) is 0 Å². The Hall–Kier alpha value is -1.08. The maximum absolute atomic E-state index is 12.7. The minimum absolute atomic E-state index is 0.218. The molecule has 4 heteroatoms. The summed E-state index contributed by atoms with van der Waals surface area (Å²) in [5, 5.41) is 9.86. The van der Waals surface area contributed by atoms with Crippen LogP contribution in [0, 0.1) is 5.82 Å². The number of halogens is 1. The van der Waals surface area contributed by atoms with Crippen LogP contribution in [0.3, 0.4) is 0 Å². The SMILES string of the molecule is OC(COc1ccccc1)C[Te]c1ccc(F)cc1. The molecule has 0 aliphatic rings. The molecule has 0 aromatic heterocycles. The molecule has 2 rings (SSSR count). The first-order chi connectivity index (χ1) is 9.24. The van der Waals surface area contributed by atoms with Gasteiger partial charge in [-0.1, -0.05) is 0 Å². The van der Waals surface area contributed by atoms with Gasteiger partial charge in [0.2, 0.25) is 0 Å². The minimum atomic E-state index is -0.490. The van der Waals surface area contributed by atoms with Crippen LogP contribution < -0.4 is 8.35 Å². The molecule has 0 fully saturated rings. The number of benzene rings is 2. The van der Waals surface area contributed by atoms with Crippen LogP contribution in [-0.2, 0) is 0 Å². The Balaban J connectivity index is 1.72. The number of hydrogen-bond donors (Lipinski definition) is 1. The zero-order valence-corrected chi connectivity index (χ0v) is 12.7. The molecule has 0 spiro atoms. The summed E-state index contributed by atoms with van der Waals surface area (Å²) in [4.78, 5) is 0. The maximum atomic E-state index is 12.7. The van der Waals surface area contributed by atoms with Crippen LogP contribution in [0.1, 0.15) is 0 Å². The van der Waals surface area contributed by atoms with E-state index in [1.165, 1.54) is 12.1 Å². The van der Waals surface area contributed by atoms with Crippen molar-refractivity contribution in [2.24, 2.45) is 0 Å². The van der Waals surface area contributed by atoms with Crippen molar-refractivity contribution < 1.29 is 14.2 Å². The molecule has 1 N–H and O–H groups in total. The average molecular weight is 374 g/mol. The normalized spacial score (nSPS) is 12.1. The van der Waals surface area contributed by atoms with E-state index in [9.17, 15) is 9.50 Å². The summed E-state index contributed by atoms with van der Waals surface area (Å²) < 4.78 is 20.1. The Bertz CT molecular complexity index is 487. The molecule has 2 aromatic carbocycles. The number of ether oxygens (including phenoxy) is 1. The first-order valence-corrected chi connectivity index (χ1v) is 8.79. The molecule has 100 valence electrons. The number of rotatable bonds is 6. The van der Waals surface area contributed by atoms with Crippen LogP contribution in [0.4, 0.5) is 4.39 Å². The summed E-state index contributed by atoms with van der Waals surface area (Å²) in [6.45, 7) is 0.302. The van der Waals surface area contributed by atoms with Gasteiger partial charge < -0.3 is 0 Å².